The minimum Gasteiger partial charge on any atom is -0.384 e. The average molecular weight is 451 g/mol. The molecule has 5 rings (SSSR count). The maximum absolute atomic E-state index is 13.5. The maximum atomic E-state index is 13.5. The number of hydrogen-bond acceptors (Lipinski definition) is 5. The van der Waals surface area contributed by atoms with Crippen molar-refractivity contribution in [3.05, 3.63) is 80.7 Å². The molecule has 0 aromatic heterocycles. The van der Waals surface area contributed by atoms with Gasteiger partial charge >= 0.3 is 0 Å². The van der Waals surface area contributed by atoms with Gasteiger partial charge in [-0.3, -0.25) is 14.5 Å². The lowest BCUT2D eigenvalue weighted by molar-refractivity contribution is -0.122. The number of benzene rings is 2. The SMILES string of the molecule is N#CC1=C(N)N(c2ccc(Cl)cc2)C2=C(C(=O)CCC2)C12C(=O)Nc1ccc(Cl)cc12. The fourth-order valence-electron chi connectivity index (χ4n) is 4.85. The molecular weight excluding hydrogens is 435 g/mol. The number of hydrogen-bond donors (Lipinski definition) is 2. The third kappa shape index (κ3) is 2.57. The summed E-state index contributed by atoms with van der Waals surface area (Å²) < 4.78 is 0. The first kappa shape index (κ1) is 19.7. The molecule has 0 bridgehead atoms. The third-order valence-corrected chi connectivity index (χ3v) is 6.56. The molecule has 1 spiro atoms. The number of Topliss-reactive ketones (excluding diaryl/α,β-unsaturated/α-hetero) is 1. The Bertz CT molecular complexity index is 1270. The molecule has 0 saturated heterocycles. The van der Waals surface area contributed by atoms with Gasteiger partial charge in [0, 0.05) is 44.7 Å². The normalized spacial score (nSPS) is 22.4. The number of fused-ring (bicyclic) bond motifs is 3. The summed E-state index contributed by atoms with van der Waals surface area (Å²) in [6, 6.07) is 14.1. The molecule has 1 atom stereocenters. The molecule has 8 heteroatoms. The van der Waals surface area contributed by atoms with E-state index in [2.05, 4.69) is 11.4 Å². The lowest BCUT2D eigenvalue weighted by Crippen LogP contribution is -2.50. The van der Waals surface area contributed by atoms with Crippen molar-refractivity contribution in [2.45, 2.75) is 24.7 Å². The number of anilines is 2. The molecule has 2 aliphatic heterocycles. The van der Waals surface area contributed by atoms with Crippen LogP contribution in [0.3, 0.4) is 0 Å². The molecule has 0 fully saturated rings. The molecule has 1 unspecified atom stereocenters. The zero-order valence-corrected chi connectivity index (χ0v) is 17.7. The molecule has 1 amide bonds. The Balaban J connectivity index is 1.88. The molecule has 2 aromatic rings. The molecule has 3 N–H and O–H groups in total. The average Bonchev–Trinajstić information content (AvgIpc) is 3.02. The molecule has 0 radical (unpaired) electrons. The number of carbonyl (C=O) groups excluding carboxylic acids is 2. The van der Waals surface area contributed by atoms with E-state index in [0.717, 1.165) is 0 Å². The fraction of sp³-hybridized carbons (Fsp3) is 0.174. The van der Waals surface area contributed by atoms with Crippen LogP contribution in [0, 0.1) is 11.3 Å². The molecule has 6 nitrogen and oxygen atoms in total. The summed E-state index contributed by atoms with van der Waals surface area (Å²) in [6.45, 7) is 0. The summed E-state index contributed by atoms with van der Waals surface area (Å²) in [4.78, 5) is 28.5. The number of nitrogens with zero attached hydrogens (tertiary/aromatic N) is 2. The number of halogens is 2. The molecule has 0 saturated carbocycles. The molecule has 31 heavy (non-hydrogen) atoms. The van der Waals surface area contributed by atoms with Gasteiger partial charge in [0.05, 0.1) is 5.57 Å². The number of allylic oxidation sites excluding steroid dienone is 1. The summed E-state index contributed by atoms with van der Waals surface area (Å²) in [7, 11) is 0. The van der Waals surface area contributed by atoms with Crippen LogP contribution in [0.15, 0.2) is 65.1 Å². The van der Waals surface area contributed by atoms with Crippen molar-refractivity contribution in [3.63, 3.8) is 0 Å². The van der Waals surface area contributed by atoms with Gasteiger partial charge in [0.2, 0.25) is 5.91 Å². The van der Waals surface area contributed by atoms with Gasteiger partial charge in [-0.15, -0.1) is 0 Å². The summed E-state index contributed by atoms with van der Waals surface area (Å²) in [5.74, 6) is -0.535. The number of nitrogens with one attached hydrogen (secondary N) is 1. The third-order valence-electron chi connectivity index (χ3n) is 6.07. The predicted octanol–water partition coefficient (Wildman–Crippen LogP) is 4.40. The molecule has 154 valence electrons. The Morgan fingerprint density at radius 2 is 1.77 bits per heavy atom. The Morgan fingerprint density at radius 1 is 1.06 bits per heavy atom. The summed E-state index contributed by atoms with van der Waals surface area (Å²) in [5.41, 5.74) is 7.52. The Kier molecular flexibility index (Phi) is 4.37. The standard InChI is InChI=1S/C23H16Cl2N4O2/c24-12-4-7-14(8-5-12)29-18-2-1-3-19(30)20(18)23(16(11-26)21(29)27)15-10-13(25)6-9-17(15)28-22(23)31/h4-10H,1-3,27H2,(H,28,31). The molecule has 1 aliphatic carbocycles. The number of nitrogens with two attached hydrogens (primary N) is 1. The zero-order chi connectivity index (χ0) is 21.9. The molecule has 2 aromatic carbocycles. The first-order valence-corrected chi connectivity index (χ1v) is 10.5. The number of carbonyl (C=O) groups is 2. The molecule has 2 heterocycles. The number of amides is 1. The van der Waals surface area contributed by atoms with Gasteiger partial charge in [0.1, 0.15) is 17.3 Å². The summed E-state index contributed by atoms with van der Waals surface area (Å²) in [5, 5.41) is 14.0. The zero-order valence-electron chi connectivity index (χ0n) is 16.2. The van der Waals surface area contributed by atoms with E-state index >= 15 is 0 Å². The Hall–Kier alpha value is -3.27. The highest BCUT2D eigenvalue weighted by atomic mass is 35.5. The van der Waals surface area contributed by atoms with Crippen molar-refractivity contribution in [3.8, 4) is 6.07 Å². The second kappa shape index (κ2) is 6.88. The van der Waals surface area contributed by atoms with Gasteiger partial charge in [-0.1, -0.05) is 23.2 Å². The predicted molar refractivity (Wildman–Crippen MR) is 118 cm³/mol. The largest absolute Gasteiger partial charge is 0.384 e. The quantitative estimate of drug-likeness (QED) is 0.670. The van der Waals surface area contributed by atoms with E-state index < -0.39 is 11.3 Å². The smallest absolute Gasteiger partial charge is 0.245 e. The highest BCUT2D eigenvalue weighted by Gasteiger charge is 2.60. The van der Waals surface area contributed by atoms with Crippen LogP contribution in [0.2, 0.25) is 10.0 Å². The van der Waals surface area contributed by atoms with Crippen molar-refractivity contribution >= 4 is 46.3 Å². The maximum Gasteiger partial charge on any atom is 0.245 e. The highest BCUT2D eigenvalue weighted by molar-refractivity contribution is 6.31. The van der Waals surface area contributed by atoms with Gasteiger partial charge in [-0.2, -0.15) is 5.26 Å². The minimum atomic E-state index is -1.62. The molecule has 3 aliphatic rings. The van der Waals surface area contributed by atoms with E-state index in [9.17, 15) is 14.9 Å². The van der Waals surface area contributed by atoms with E-state index in [4.69, 9.17) is 28.9 Å². The van der Waals surface area contributed by atoms with Crippen LogP contribution in [0.25, 0.3) is 0 Å². The van der Waals surface area contributed by atoms with Crippen molar-refractivity contribution in [1.29, 1.82) is 5.26 Å². The van der Waals surface area contributed by atoms with Crippen LogP contribution < -0.4 is 16.0 Å². The first-order chi connectivity index (χ1) is 14.9. The van der Waals surface area contributed by atoms with Crippen LogP contribution in [-0.2, 0) is 15.0 Å². The van der Waals surface area contributed by atoms with Crippen LogP contribution in [0.4, 0.5) is 11.4 Å². The lowest BCUT2D eigenvalue weighted by Gasteiger charge is -2.43. The van der Waals surface area contributed by atoms with Crippen LogP contribution in [0.5, 0.6) is 0 Å². The van der Waals surface area contributed by atoms with Crippen molar-refractivity contribution < 1.29 is 9.59 Å². The van der Waals surface area contributed by atoms with Gasteiger partial charge in [0.15, 0.2) is 5.78 Å². The first-order valence-electron chi connectivity index (χ1n) is 9.74. The number of ketones is 1. The van der Waals surface area contributed by atoms with E-state index in [1.807, 2.05) is 0 Å². The van der Waals surface area contributed by atoms with Crippen molar-refractivity contribution in [2.24, 2.45) is 5.73 Å². The van der Waals surface area contributed by atoms with Gasteiger partial charge in [-0.25, -0.2) is 0 Å². The summed E-state index contributed by atoms with van der Waals surface area (Å²) >= 11 is 12.3. The topological polar surface area (TPSA) is 99.2 Å². The fourth-order valence-corrected chi connectivity index (χ4v) is 5.15. The Morgan fingerprint density at radius 3 is 2.48 bits per heavy atom. The van der Waals surface area contributed by atoms with E-state index in [-0.39, 0.29) is 29.2 Å². The highest BCUT2D eigenvalue weighted by Crippen LogP contribution is 2.55. The van der Waals surface area contributed by atoms with E-state index in [1.54, 1.807) is 47.4 Å². The van der Waals surface area contributed by atoms with Crippen LogP contribution in [-0.4, -0.2) is 11.7 Å². The van der Waals surface area contributed by atoms with Gasteiger partial charge in [-0.05, 0) is 55.3 Å². The van der Waals surface area contributed by atoms with E-state index in [0.29, 0.717) is 45.5 Å². The van der Waals surface area contributed by atoms with E-state index in [1.165, 1.54) is 0 Å². The van der Waals surface area contributed by atoms with Gasteiger partial charge < -0.3 is 11.1 Å². The summed E-state index contributed by atoms with van der Waals surface area (Å²) in [6.07, 6.45) is 1.45. The lowest BCUT2D eigenvalue weighted by atomic mass is 9.64. The second-order valence-corrected chi connectivity index (χ2v) is 8.55. The minimum absolute atomic E-state index is 0.00923. The number of nitriles is 1. The van der Waals surface area contributed by atoms with Crippen LogP contribution in [0.1, 0.15) is 24.8 Å². The van der Waals surface area contributed by atoms with Crippen molar-refractivity contribution in [2.75, 3.05) is 10.2 Å². The number of rotatable bonds is 1. The Labute approximate surface area is 188 Å². The van der Waals surface area contributed by atoms with Crippen molar-refractivity contribution in [1.82, 2.24) is 0 Å². The van der Waals surface area contributed by atoms with Gasteiger partial charge in [0.25, 0.3) is 0 Å². The van der Waals surface area contributed by atoms with Crippen LogP contribution >= 0.6 is 23.2 Å². The molecular formula is C23H16Cl2N4O2. The monoisotopic (exact) mass is 450 g/mol. The second-order valence-electron chi connectivity index (χ2n) is 7.68.